The van der Waals surface area contributed by atoms with E-state index in [9.17, 15) is 0 Å². The molecule has 1 N–H and O–H groups in total. The van der Waals surface area contributed by atoms with Gasteiger partial charge in [0.05, 0.1) is 12.2 Å². The lowest BCUT2D eigenvalue weighted by Gasteiger charge is -2.23. The van der Waals surface area contributed by atoms with Crippen LogP contribution in [-0.2, 0) is 13.1 Å². The lowest BCUT2D eigenvalue weighted by atomic mass is 10.1. The van der Waals surface area contributed by atoms with Crippen LogP contribution in [0.15, 0.2) is 22.2 Å². The maximum absolute atomic E-state index is 5.39. The molecule has 0 radical (unpaired) electrons. The van der Waals surface area contributed by atoms with E-state index >= 15 is 0 Å². The zero-order valence-corrected chi connectivity index (χ0v) is 11.0. The van der Waals surface area contributed by atoms with Crippen molar-refractivity contribution in [1.29, 1.82) is 0 Å². The molecule has 0 atom stereocenters. The van der Waals surface area contributed by atoms with Crippen LogP contribution in [-0.4, -0.2) is 29.2 Å². The van der Waals surface area contributed by atoms with Gasteiger partial charge < -0.3 is 9.84 Å². The Hall–Kier alpha value is -1.13. The quantitative estimate of drug-likeness (QED) is 0.809. The molecule has 0 aromatic carbocycles. The summed E-state index contributed by atoms with van der Waals surface area (Å²) in [6.07, 6.45) is 6.09. The van der Waals surface area contributed by atoms with Crippen molar-refractivity contribution in [2.75, 3.05) is 13.1 Å². The molecule has 1 aliphatic heterocycles. The van der Waals surface area contributed by atoms with E-state index in [-0.39, 0.29) is 0 Å². The molecule has 0 amide bonds. The summed E-state index contributed by atoms with van der Waals surface area (Å²) in [5, 5.41) is 7.57. The molecule has 1 fully saturated rings. The smallest absolute Gasteiger partial charge is 0.151 e. The first-order chi connectivity index (χ1) is 8.79. The van der Waals surface area contributed by atoms with Crippen molar-refractivity contribution in [3.63, 3.8) is 0 Å². The molecule has 3 rings (SSSR count). The molecule has 0 saturated heterocycles. The Balaban J connectivity index is 1.49. The average Bonchev–Trinajstić information content (AvgIpc) is 3.10. The molecule has 4 nitrogen and oxygen atoms in total. The first-order valence-electron chi connectivity index (χ1n) is 6.85. The molecular weight excluding hydrogens is 226 g/mol. The van der Waals surface area contributed by atoms with Crippen LogP contribution >= 0.6 is 0 Å². The van der Waals surface area contributed by atoms with Crippen LogP contribution in [0.4, 0.5) is 0 Å². The Morgan fingerprint density at radius 3 is 3.11 bits per heavy atom. The van der Waals surface area contributed by atoms with E-state index < -0.39 is 0 Å². The number of hydrogen-bond acceptors (Lipinski definition) is 4. The molecule has 1 aliphatic carbocycles. The summed E-state index contributed by atoms with van der Waals surface area (Å²) in [6.45, 7) is 6.07. The SMILES string of the molecule is CC1=CCN(Cc2cc(CNC3CC3)no2)CC1. The summed E-state index contributed by atoms with van der Waals surface area (Å²) in [7, 11) is 0. The highest BCUT2D eigenvalue weighted by Gasteiger charge is 2.20. The third-order valence-corrected chi connectivity index (χ3v) is 3.66. The third kappa shape index (κ3) is 3.21. The standard InChI is InChI=1S/C14H21N3O/c1-11-4-6-17(7-5-11)10-14-8-13(16-18-14)9-15-12-2-3-12/h4,8,12,15H,2-3,5-7,9-10H2,1H3. The van der Waals surface area contributed by atoms with Gasteiger partial charge >= 0.3 is 0 Å². The molecule has 0 unspecified atom stereocenters. The largest absolute Gasteiger partial charge is 0.360 e. The highest BCUT2D eigenvalue weighted by atomic mass is 16.5. The van der Waals surface area contributed by atoms with Gasteiger partial charge in [0.2, 0.25) is 0 Å². The Labute approximate surface area is 108 Å². The number of hydrogen-bond donors (Lipinski definition) is 1. The Kier molecular flexibility index (Phi) is 3.48. The van der Waals surface area contributed by atoms with Crippen LogP contribution in [0, 0.1) is 0 Å². The highest BCUT2D eigenvalue weighted by Crippen LogP contribution is 2.19. The number of nitrogens with zero attached hydrogens (tertiary/aromatic N) is 2. The summed E-state index contributed by atoms with van der Waals surface area (Å²) in [4.78, 5) is 2.39. The molecule has 1 saturated carbocycles. The molecule has 2 aliphatic rings. The molecule has 1 aromatic heterocycles. The molecule has 0 bridgehead atoms. The van der Waals surface area contributed by atoms with Crippen LogP contribution < -0.4 is 5.32 Å². The van der Waals surface area contributed by atoms with E-state index in [1.54, 1.807) is 0 Å². The van der Waals surface area contributed by atoms with Crippen molar-refractivity contribution in [1.82, 2.24) is 15.4 Å². The predicted molar refractivity (Wildman–Crippen MR) is 70.0 cm³/mol. The van der Waals surface area contributed by atoms with E-state index in [0.29, 0.717) is 0 Å². The lowest BCUT2D eigenvalue weighted by molar-refractivity contribution is 0.245. The summed E-state index contributed by atoms with van der Waals surface area (Å²) in [5.74, 6) is 0.982. The topological polar surface area (TPSA) is 41.3 Å². The van der Waals surface area contributed by atoms with Crippen LogP contribution in [0.3, 0.4) is 0 Å². The summed E-state index contributed by atoms with van der Waals surface area (Å²) in [6, 6.07) is 2.81. The van der Waals surface area contributed by atoms with Crippen molar-refractivity contribution in [3.05, 3.63) is 29.2 Å². The number of aromatic nitrogens is 1. The van der Waals surface area contributed by atoms with Gasteiger partial charge in [0.1, 0.15) is 0 Å². The first kappa shape index (κ1) is 11.9. The normalized spacial score (nSPS) is 21.1. The van der Waals surface area contributed by atoms with E-state index in [1.165, 1.54) is 24.8 Å². The Bertz CT molecular complexity index is 434. The van der Waals surface area contributed by atoms with E-state index in [2.05, 4.69) is 34.4 Å². The van der Waals surface area contributed by atoms with Crippen molar-refractivity contribution in [2.45, 2.75) is 45.3 Å². The van der Waals surface area contributed by atoms with Crippen LogP contribution in [0.1, 0.15) is 37.6 Å². The molecule has 1 aromatic rings. The van der Waals surface area contributed by atoms with Crippen molar-refractivity contribution in [3.8, 4) is 0 Å². The van der Waals surface area contributed by atoms with Gasteiger partial charge in [-0.25, -0.2) is 0 Å². The molecule has 4 heteroatoms. The maximum Gasteiger partial charge on any atom is 0.151 e. The van der Waals surface area contributed by atoms with Crippen molar-refractivity contribution >= 4 is 0 Å². The summed E-state index contributed by atoms with van der Waals surface area (Å²) >= 11 is 0. The van der Waals surface area contributed by atoms with Gasteiger partial charge in [-0.2, -0.15) is 0 Å². The van der Waals surface area contributed by atoms with Gasteiger partial charge in [-0.15, -0.1) is 0 Å². The summed E-state index contributed by atoms with van der Waals surface area (Å²) in [5.41, 5.74) is 2.53. The second-order valence-corrected chi connectivity index (χ2v) is 5.48. The zero-order valence-electron chi connectivity index (χ0n) is 11.0. The zero-order chi connectivity index (χ0) is 12.4. The fourth-order valence-electron chi connectivity index (χ4n) is 2.23. The molecule has 18 heavy (non-hydrogen) atoms. The molecule has 98 valence electrons. The Morgan fingerprint density at radius 1 is 1.50 bits per heavy atom. The van der Waals surface area contributed by atoms with Gasteiger partial charge in [0.15, 0.2) is 5.76 Å². The highest BCUT2D eigenvalue weighted by molar-refractivity contribution is 5.08. The van der Waals surface area contributed by atoms with Crippen molar-refractivity contribution in [2.24, 2.45) is 0 Å². The number of rotatable bonds is 5. The number of nitrogens with one attached hydrogen (secondary N) is 1. The second kappa shape index (κ2) is 5.24. The van der Waals surface area contributed by atoms with Gasteiger partial charge in [-0.3, -0.25) is 4.90 Å². The Morgan fingerprint density at radius 2 is 2.39 bits per heavy atom. The van der Waals surface area contributed by atoms with Gasteiger partial charge in [0, 0.05) is 31.7 Å². The minimum absolute atomic E-state index is 0.723. The van der Waals surface area contributed by atoms with Gasteiger partial charge in [0.25, 0.3) is 0 Å². The average molecular weight is 247 g/mol. The van der Waals surface area contributed by atoms with Crippen LogP contribution in [0.5, 0.6) is 0 Å². The fraction of sp³-hybridized carbons (Fsp3) is 0.643. The minimum Gasteiger partial charge on any atom is -0.360 e. The van der Waals surface area contributed by atoms with Gasteiger partial charge in [-0.1, -0.05) is 16.8 Å². The predicted octanol–water partition coefficient (Wildman–Crippen LogP) is 2.08. The molecular formula is C14H21N3O. The third-order valence-electron chi connectivity index (χ3n) is 3.66. The van der Waals surface area contributed by atoms with Crippen LogP contribution in [0.25, 0.3) is 0 Å². The summed E-state index contributed by atoms with van der Waals surface area (Å²) < 4.78 is 5.39. The fourth-order valence-corrected chi connectivity index (χ4v) is 2.23. The second-order valence-electron chi connectivity index (χ2n) is 5.48. The monoisotopic (exact) mass is 247 g/mol. The van der Waals surface area contributed by atoms with E-state index in [0.717, 1.165) is 43.7 Å². The maximum atomic E-state index is 5.39. The van der Waals surface area contributed by atoms with Crippen LogP contribution in [0.2, 0.25) is 0 Å². The first-order valence-corrected chi connectivity index (χ1v) is 6.85. The molecule has 0 spiro atoms. The van der Waals surface area contributed by atoms with Gasteiger partial charge in [-0.05, 0) is 26.2 Å². The lowest BCUT2D eigenvalue weighted by Crippen LogP contribution is -2.27. The molecule has 2 heterocycles. The van der Waals surface area contributed by atoms with E-state index in [4.69, 9.17) is 4.52 Å². The van der Waals surface area contributed by atoms with Crippen molar-refractivity contribution < 1.29 is 4.52 Å². The minimum atomic E-state index is 0.723. The van der Waals surface area contributed by atoms with E-state index in [1.807, 2.05) is 0 Å².